The Bertz CT molecular complexity index is 1300. The van der Waals surface area contributed by atoms with Crippen LogP contribution in [0.15, 0.2) is 72.8 Å². The van der Waals surface area contributed by atoms with E-state index in [1.807, 2.05) is 48.2 Å². The van der Waals surface area contributed by atoms with E-state index >= 15 is 0 Å². The van der Waals surface area contributed by atoms with Gasteiger partial charge in [0.05, 0.1) is 17.6 Å². The molecule has 0 aromatic heterocycles. The molecule has 3 heterocycles. The molecule has 3 aromatic carbocycles. The van der Waals surface area contributed by atoms with Crippen molar-refractivity contribution in [1.82, 2.24) is 4.90 Å². The van der Waals surface area contributed by atoms with Crippen LogP contribution in [0.5, 0.6) is 0 Å². The Morgan fingerprint density at radius 3 is 2.47 bits per heavy atom. The molecule has 34 heavy (non-hydrogen) atoms. The first-order valence-corrected chi connectivity index (χ1v) is 12.7. The lowest BCUT2D eigenvalue weighted by Crippen LogP contribution is -2.52. The van der Waals surface area contributed by atoms with E-state index < -0.39 is 4.87 Å². The SMILES string of the molecule is C[C@@H]1S[C@@]2(C(=O)N(CN3CCc4ccccc4C3)c3ccccc32)N(c2ccc(Cl)cc2)C1=O. The van der Waals surface area contributed by atoms with Gasteiger partial charge in [0.25, 0.3) is 5.91 Å². The minimum absolute atomic E-state index is 0.0646. The number of amides is 2. The molecule has 5 nitrogen and oxygen atoms in total. The maximum atomic E-state index is 14.3. The summed E-state index contributed by atoms with van der Waals surface area (Å²) in [6.07, 6.45) is 0.964. The molecule has 2 atom stereocenters. The molecule has 0 N–H and O–H groups in total. The minimum Gasteiger partial charge on any atom is -0.295 e. The van der Waals surface area contributed by atoms with Gasteiger partial charge in [-0.2, -0.15) is 0 Å². The lowest BCUT2D eigenvalue weighted by Gasteiger charge is -2.35. The number of halogens is 1. The molecule has 3 aromatic rings. The number of benzene rings is 3. The fourth-order valence-corrected chi connectivity index (χ4v) is 7.00. The maximum Gasteiger partial charge on any atom is 0.269 e. The van der Waals surface area contributed by atoms with Gasteiger partial charge >= 0.3 is 0 Å². The molecule has 1 spiro atoms. The highest BCUT2D eigenvalue weighted by atomic mass is 35.5. The molecule has 0 bridgehead atoms. The van der Waals surface area contributed by atoms with Crippen LogP contribution in [-0.2, 0) is 27.4 Å². The van der Waals surface area contributed by atoms with E-state index in [9.17, 15) is 9.59 Å². The minimum atomic E-state index is -1.12. The zero-order valence-electron chi connectivity index (χ0n) is 18.8. The van der Waals surface area contributed by atoms with Crippen molar-refractivity contribution in [2.45, 2.75) is 30.0 Å². The fourth-order valence-electron chi connectivity index (χ4n) is 5.34. The van der Waals surface area contributed by atoms with Crippen LogP contribution in [0.2, 0.25) is 5.02 Å². The molecule has 7 heteroatoms. The molecule has 6 rings (SSSR count). The summed E-state index contributed by atoms with van der Waals surface area (Å²) in [5.74, 6) is -0.130. The predicted octanol–water partition coefficient (Wildman–Crippen LogP) is 5.02. The van der Waals surface area contributed by atoms with Crippen LogP contribution in [-0.4, -0.2) is 35.2 Å². The van der Waals surface area contributed by atoms with Crippen LogP contribution in [0, 0.1) is 0 Å². The number of fused-ring (bicyclic) bond motifs is 3. The molecule has 0 radical (unpaired) electrons. The summed E-state index contributed by atoms with van der Waals surface area (Å²) in [6.45, 7) is 4.06. The lowest BCUT2D eigenvalue weighted by atomic mass is 10.0. The highest BCUT2D eigenvalue weighted by molar-refractivity contribution is 8.03. The molecule has 2 amide bonds. The maximum absolute atomic E-state index is 14.3. The summed E-state index contributed by atoms with van der Waals surface area (Å²) in [6, 6.07) is 23.6. The van der Waals surface area contributed by atoms with E-state index in [1.54, 1.807) is 17.0 Å². The van der Waals surface area contributed by atoms with Crippen molar-refractivity contribution < 1.29 is 9.59 Å². The zero-order chi connectivity index (χ0) is 23.4. The molecule has 0 saturated carbocycles. The molecular formula is C27H24ClN3O2S. The first kappa shape index (κ1) is 21.7. The van der Waals surface area contributed by atoms with E-state index in [-0.39, 0.29) is 17.1 Å². The van der Waals surface area contributed by atoms with Crippen molar-refractivity contribution in [2.24, 2.45) is 0 Å². The van der Waals surface area contributed by atoms with Crippen molar-refractivity contribution in [3.05, 3.63) is 94.5 Å². The topological polar surface area (TPSA) is 43.9 Å². The summed E-state index contributed by atoms with van der Waals surface area (Å²) < 4.78 is 0. The van der Waals surface area contributed by atoms with E-state index in [0.717, 1.165) is 30.8 Å². The third-order valence-electron chi connectivity index (χ3n) is 6.96. The Balaban J connectivity index is 1.40. The third-order valence-corrected chi connectivity index (χ3v) is 8.69. The second-order valence-corrected chi connectivity index (χ2v) is 11.0. The summed E-state index contributed by atoms with van der Waals surface area (Å²) in [7, 11) is 0. The number of para-hydroxylation sites is 1. The first-order chi connectivity index (χ1) is 16.5. The molecule has 172 valence electrons. The number of hydrogen-bond acceptors (Lipinski definition) is 4. The number of thioether (sulfide) groups is 1. The van der Waals surface area contributed by atoms with Crippen LogP contribution < -0.4 is 9.80 Å². The monoisotopic (exact) mass is 489 g/mol. The largest absolute Gasteiger partial charge is 0.295 e. The number of carbonyl (C=O) groups excluding carboxylic acids is 2. The quantitative estimate of drug-likeness (QED) is 0.518. The molecular weight excluding hydrogens is 466 g/mol. The Morgan fingerprint density at radius 1 is 0.971 bits per heavy atom. The van der Waals surface area contributed by atoms with Crippen molar-refractivity contribution in [3.63, 3.8) is 0 Å². The Labute approximate surface area is 208 Å². The van der Waals surface area contributed by atoms with Crippen LogP contribution in [0.1, 0.15) is 23.6 Å². The third kappa shape index (κ3) is 3.20. The fraction of sp³-hybridized carbons (Fsp3) is 0.259. The van der Waals surface area contributed by atoms with Crippen molar-refractivity contribution in [1.29, 1.82) is 0 Å². The van der Waals surface area contributed by atoms with Gasteiger partial charge in [-0.25, -0.2) is 0 Å². The average molecular weight is 490 g/mol. The number of anilines is 2. The molecule has 3 aliphatic rings. The predicted molar refractivity (Wildman–Crippen MR) is 137 cm³/mol. The summed E-state index contributed by atoms with van der Waals surface area (Å²) in [5.41, 5.74) is 5.12. The second kappa shape index (κ2) is 8.15. The molecule has 1 saturated heterocycles. The summed E-state index contributed by atoms with van der Waals surface area (Å²) in [5, 5.41) is 0.254. The highest BCUT2D eigenvalue weighted by Crippen LogP contribution is 2.57. The van der Waals surface area contributed by atoms with Gasteiger partial charge in [0.15, 0.2) is 0 Å². The van der Waals surface area contributed by atoms with Crippen molar-refractivity contribution >= 4 is 46.6 Å². The van der Waals surface area contributed by atoms with E-state index in [4.69, 9.17) is 11.6 Å². The van der Waals surface area contributed by atoms with Gasteiger partial charge in [0, 0.05) is 29.4 Å². The number of rotatable bonds is 3. The van der Waals surface area contributed by atoms with Crippen molar-refractivity contribution in [2.75, 3.05) is 23.0 Å². The van der Waals surface area contributed by atoms with Crippen LogP contribution in [0.25, 0.3) is 0 Å². The van der Waals surface area contributed by atoms with Gasteiger partial charge in [-0.1, -0.05) is 54.1 Å². The summed E-state index contributed by atoms with van der Waals surface area (Å²) in [4.78, 5) is 32.5. The van der Waals surface area contributed by atoms with Crippen LogP contribution >= 0.6 is 23.4 Å². The van der Waals surface area contributed by atoms with Gasteiger partial charge in [-0.3, -0.25) is 24.3 Å². The molecule has 0 aliphatic carbocycles. The normalized spacial score (nSPS) is 24.1. The number of hydrogen-bond donors (Lipinski definition) is 0. The average Bonchev–Trinajstić information content (AvgIpc) is 3.25. The molecule has 0 unspecified atom stereocenters. The van der Waals surface area contributed by atoms with Gasteiger partial charge in [-0.15, -0.1) is 11.8 Å². The number of carbonyl (C=O) groups is 2. The Kier molecular flexibility index (Phi) is 5.21. The van der Waals surface area contributed by atoms with Gasteiger partial charge < -0.3 is 0 Å². The van der Waals surface area contributed by atoms with E-state index in [0.29, 0.717) is 17.4 Å². The van der Waals surface area contributed by atoms with Gasteiger partial charge in [0.2, 0.25) is 10.8 Å². The van der Waals surface area contributed by atoms with Crippen LogP contribution in [0.3, 0.4) is 0 Å². The molecule has 3 aliphatic heterocycles. The Hall–Kier alpha value is -2.80. The van der Waals surface area contributed by atoms with Crippen LogP contribution in [0.4, 0.5) is 11.4 Å². The van der Waals surface area contributed by atoms with E-state index in [1.165, 1.54) is 22.9 Å². The smallest absolute Gasteiger partial charge is 0.269 e. The first-order valence-electron chi connectivity index (χ1n) is 11.5. The van der Waals surface area contributed by atoms with Gasteiger partial charge in [-0.05, 0) is 54.8 Å². The lowest BCUT2D eigenvalue weighted by molar-refractivity contribution is -0.124. The van der Waals surface area contributed by atoms with E-state index in [2.05, 4.69) is 29.2 Å². The number of nitrogens with zero attached hydrogens (tertiary/aromatic N) is 3. The van der Waals surface area contributed by atoms with Gasteiger partial charge in [0.1, 0.15) is 0 Å². The Morgan fingerprint density at radius 2 is 1.68 bits per heavy atom. The van der Waals surface area contributed by atoms with Crippen molar-refractivity contribution in [3.8, 4) is 0 Å². The summed E-state index contributed by atoms with van der Waals surface area (Å²) >= 11 is 7.55. The second-order valence-electron chi connectivity index (χ2n) is 9.02. The molecule has 1 fully saturated rings. The highest BCUT2D eigenvalue weighted by Gasteiger charge is 2.63. The standard InChI is InChI=1S/C27H24ClN3O2S/c1-18-25(32)31(22-12-10-21(28)11-13-22)27(34-18)23-8-4-5-9-24(23)30(26(27)33)17-29-15-14-19-6-2-3-7-20(19)16-29/h2-13,18H,14-17H2,1H3/t18-,27-/m0/s1. The zero-order valence-corrected chi connectivity index (χ0v) is 20.4.